The van der Waals surface area contributed by atoms with Gasteiger partial charge in [0.25, 0.3) is 0 Å². The van der Waals surface area contributed by atoms with Crippen molar-refractivity contribution in [3.8, 4) is 0 Å². The Morgan fingerprint density at radius 3 is 2.67 bits per heavy atom. The van der Waals surface area contributed by atoms with Crippen LogP contribution in [0.5, 0.6) is 0 Å². The Hall–Kier alpha value is -0.870. The van der Waals surface area contributed by atoms with E-state index in [2.05, 4.69) is 22.2 Å². The van der Waals surface area contributed by atoms with Crippen LogP contribution in [-0.4, -0.2) is 29.7 Å². The molecule has 1 atom stereocenters. The van der Waals surface area contributed by atoms with E-state index in [1.165, 1.54) is 0 Å². The topological polar surface area (TPSA) is 47.0 Å². The van der Waals surface area contributed by atoms with Gasteiger partial charge in [-0.05, 0) is 6.42 Å². The molecule has 0 aromatic carbocycles. The van der Waals surface area contributed by atoms with Crippen molar-refractivity contribution < 1.29 is 4.74 Å². The quantitative estimate of drug-likeness (QED) is 0.814. The number of halogens is 1. The molecule has 1 aromatic heterocycles. The van der Waals surface area contributed by atoms with Crippen LogP contribution < -0.4 is 5.32 Å². The number of aromatic nitrogens is 2. The average Bonchev–Trinajstić information content (AvgIpc) is 2.22. The van der Waals surface area contributed by atoms with Gasteiger partial charge in [-0.25, -0.2) is 9.97 Å². The van der Waals surface area contributed by atoms with Gasteiger partial charge in [0.05, 0.1) is 30.1 Å². The Morgan fingerprint density at radius 1 is 1.47 bits per heavy atom. The lowest BCUT2D eigenvalue weighted by Gasteiger charge is -2.16. The zero-order valence-electron chi connectivity index (χ0n) is 9.03. The van der Waals surface area contributed by atoms with Gasteiger partial charge >= 0.3 is 0 Å². The highest BCUT2D eigenvalue weighted by Gasteiger charge is 2.08. The highest BCUT2D eigenvalue weighted by Crippen LogP contribution is 2.08. The standard InChI is InChI=1S/C10H16ClN3O/c1-3-4-9(7-15-2)14-10-12-5-8(11)6-13-10/h5-6,9H,3-4,7H2,1-2H3,(H,12,13,14). The summed E-state index contributed by atoms with van der Waals surface area (Å²) in [6, 6.07) is 0.251. The van der Waals surface area contributed by atoms with Crippen molar-refractivity contribution in [1.82, 2.24) is 9.97 Å². The molecule has 1 heterocycles. The summed E-state index contributed by atoms with van der Waals surface area (Å²) in [6.07, 6.45) is 5.27. The monoisotopic (exact) mass is 229 g/mol. The highest BCUT2D eigenvalue weighted by molar-refractivity contribution is 6.30. The molecule has 0 fully saturated rings. The van der Waals surface area contributed by atoms with Crippen LogP contribution in [-0.2, 0) is 4.74 Å². The van der Waals surface area contributed by atoms with Gasteiger partial charge < -0.3 is 10.1 Å². The van der Waals surface area contributed by atoms with Crippen molar-refractivity contribution in [2.75, 3.05) is 19.0 Å². The summed E-state index contributed by atoms with van der Waals surface area (Å²) in [6.45, 7) is 2.78. The van der Waals surface area contributed by atoms with Crippen LogP contribution in [0, 0.1) is 0 Å². The molecular formula is C10H16ClN3O. The first-order chi connectivity index (χ1) is 7.26. The van der Waals surface area contributed by atoms with E-state index in [1.807, 2.05) is 0 Å². The maximum atomic E-state index is 5.69. The van der Waals surface area contributed by atoms with E-state index in [1.54, 1.807) is 19.5 Å². The Balaban J connectivity index is 2.53. The molecule has 0 aliphatic carbocycles. The normalized spacial score (nSPS) is 12.5. The highest BCUT2D eigenvalue weighted by atomic mass is 35.5. The fraction of sp³-hybridized carbons (Fsp3) is 0.600. The first-order valence-electron chi connectivity index (χ1n) is 4.99. The minimum absolute atomic E-state index is 0.251. The predicted octanol–water partition coefficient (Wildman–Crippen LogP) is 2.36. The first kappa shape index (κ1) is 12.2. The van der Waals surface area contributed by atoms with Crippen LogP contribution in [0.4, 0.5) is 5.95 Å². The van der Waals surface area contributed by atoms with Crippen LogP contribution in [0.15, 0.2) is 12.4 Å². The van der Waals surface area contributed by atoms with Gasteiger partial charge in [-0.3, -0.25) is 0 Å². The van der Waals surface area contributed by atoms with Crippen molar-refractivity contribution in [3.05, 3.63) is 17.4 Å². The summed E-state index contributed by atoms with van der Waals surface area (Å²) < 4.78 is 5.11. The molecule has 0 aliphatic heterocycles. The van der Waals surface area contributed by atoms with Crippen LogP contribution in [0.3, 0.4) is 0 Å². The summed E-state index contributed by atoms with van der Waals surface area (Å²) in [7, 11) is 1.69. The SMILES string of the molecule is CCCC(COC)Nc1ncc(Cl)cn1. The molecule has 0 amide bonds. The van der Waals surface area contributed by atoms with E-state index < -0.39 is 0 Å². The molecule has 15 heavy (non-hydrogen) atoms. The summed E-state index contributed by atoms with van der Waals surface area (Å²) in [5.41, 5.74) is 0. The van der Waals surface area contributed by atoms with E-state index in [4.69, 9.17) is 16.3 Å². The summed E-state index contributed by atoms with van der Waals surface area (Å²) in [4.78, 5) is 8.15. The van der Waals surface area contributed by atoms with Crippen LogP contribution in [0.1, 0.15) is 19.8 Å². The van der Waals surface area contributed by atoms with Gasteiger partial charge in [0.2, 0.25) is 5.95 Å². The van der Waals surface area contributed by atoms with E-state index in [-0.39, 0.29) is 6.04 Å². The van der Waals surface area contributed by atoms with Crippen molar-refractivity contribution >= 4 is 17.5 Å². The molecule has 0 saturated carbocycles. The lowest BCUT2D eigenvalue weighted by molar-refractivity contribution is 0.182. The molecule has 0 radical (unpaired) electrons. The predicted molar refractivity (Wildman–Crippen MR) is 61.2 cm³/mol. The molecule has 84 valence electrons. The molecule has 5 heteroatoms. The van der Waals surface area contributed by atoms with Crippen molar-refractivity contribution in [2.24, 2.45) is 0 Å². The van der Waals surface area contributed by atoms with Crippen LogP contribution >= 0.6 is 11.6 Å². The third kappa shape index (κ3) is 4.44. The number of nitrogens with one attached hydrogen (secondary N) is 1. The third-order valence-electron chi connectivity index (χ3n) is 1.96. The van der Waals surface area contributed by atoms with Gasteiger partial charge in [0.1, 0.15) is 0 Å². The summed E-state index contributed by atoms with van der Waals surface area (Å²) in [5, 5.41) is 3.74. The van der Waals surface area contributed by atoms with Gasteiger partial charge in [0.15, 0.2) is 0 Å². The summed E-state index contributed by atoms with van der Waals surface area (Å²) in [5.74, 6) is 0.593. The van der Waals surface area contributed by atoms with E-state index in [0.29, 0.717) is 17.6 Å². The van der Waals surface area contributed by atoms with E-state index in [9.17, 15) is 0 Å². The fourth-order valence-corrected chi connectivity index (χ4v) is 1.41. The number of hydrogen-bond donors (Lipinski definition) is 1. The zero-order valence-corrected chi connectivity index (χ0v) is 9.79. The number of hydrogen-bond acceptors (Lipinski definition) is 4. The lowest BCUT2D eigenvalue weighted by Crippen LogP contribution is -2.25. The van der Waals surface area contributed by atoms with Crippen LogP contribution in [0.2, 0.25) is 5.02 Å². The van der Waals surface area contributed by atoms with Crippen molar-refractivity contribution in [2.45, 2.75) is 25.8 Å². The molecule has 1 rings (SSSR count). The Labute approximate surface area is 95.0 Å². The van der Waals surface area contributed by atoms with Crippen LogP contribution in [0.25, 0.3) is 0 Å². The Kier molecular flexibility index (Phi) is 5.36. The largest absolute Gasteiger partial charge is 0.383 e. The number of methoxy groups -OCH3 is 1. The lowest BCUT2D eigenvalue weighted by atomic mass is 10.2. The number of rotatable bonds is 6. The number of ether oxygens (including phenoxy) is 1. The van der Waals surface area contributed by atoms with Gasteiger partial charge in [-0.1, -0.05) is 24.9 Å². The Bertz CT molecular complexity index is 273. The van der Waals surface area contributed by atoms with Gasteiger partial charge in [-0.15, -0.1) is 0 Å². The first-order valence-corrected chi connectivity index (χ1v) is 5.37. The Morgan fingerprint density at radius 2 is 2.13 bits per heavy atom. The smallest absolute Gasteiger partial charge is 0.222 e. The maximum absolute atomic E-state index is 5.69. The van der Waals surface area contributed by atoms with Gasteiger partial charge in [-0.2, -0.15) is 0 Å². The summed E-state index contributed by atoms with van der Waals surface area (Å²) >= 11 is 5.69. The minimum Gasteiger partial charge on any atom is -0.383 e. The molecule has 1 N–H and O–H groups in total. The molecule has 1 unspecified atom stereocenters. The maximum Gasteiger partial charge on any atom is 0.222 e. The molecule has 1 aromatic rings. The van der Waals surface area contributed by atoms with E-state index in [0.717, 1.165) is 12.8 Å². The van der Waals surface area contributed by atoms with Gasteiger partial charge in [0, 0.05) is 7.11 Å². The number of anilines is 1. The van der Waals surface area contributed by atoms with E-state index >= 15 is 0 Å². The second kappa shape index (κ2) is 6.58. The van der Waals surface area contributed by atoms with Crippen molar-refractivity contribution in [1.29, 1.82) is 0 Å². The minimum atomic E-state index is 0.251. The second-order valence-electron chi connectivity index (χ2n) is 3.31. The molecule has 0 saturated heterocycles. The molecule has 4 nitrogen and oxygen atoms in total. The molecular weight excluding hydrogens is 214 g/mol. The fourth-order valence-electron chi connectivity index (χ4n) is 1.32. The molecule has 0 spiro atoms. The average molecular weight is 230 g/mol. The molecule has 0 bridgehead atoms. The third-order valence-corrected chi connectivity index (χ3v) is 2.15. The van der Waals surface area contributed by atoms with Crippen molar-refractivity contribution in [3.63, 3.8) is 0 Å². The second-order valence-corrected chi connectivity index (χ2v) is 3.75. The number of nitrogens with zero attached hydrogens (tertiary/aromatic N) is 2. The molecule has 0 aliphatic rings. The zero-order chi connectivity index (χ0) is 11.1.